The minimum Gasteiger partial charge on any atom is -0.314 e. The van der Waals surface area contributed by atoms with E-state index in [-0.39, 0.29) is 0 Å². The largest absolute Gasteiger partial charge is 0.314 e. The summed E-state index contributed by atoms with van der Waals surface area (Å²) in [6.45, 7) is 10.8. The fraction of sp³-hybridized carbons (Fsp3) is 0.750. The Morgan fingerprint density at radius 2 is 2.10 bits per heavy atom. The summed E-state index contributed by atoms with van der Waals surface area (Å²) in [4.78, 5) is 0. The van der Waals surface area contributed by atoms with Gasteiger partial charge in [0, 0.05) is 25.7 Å². The molecule has 1 rings (SSSR count). The highest BCUT2D eigenvalue weighted by atomic mass is 15.0. The monoisotopic (exact) mass is 142 g/mol. The molecule has 60 valence electrons. The third-order valence-electron chi connectivity index (χ3n) is 1.25. The Balaban J connectivity index is 0.000000236. The lowest BCUT2D eigenvalue weighted by atomic mass is 10.3. The summed E-state index contributed by atoms with van der Waals surface area (Å²) in [7, 11) is 0. The predicted octanol–water partition coefficient (Wildman–Crippen LogP) is 0.760. The maximum absolute atomic E-state index is 3.36. The van der Waals surface area contributed by atoms with Crippen molar-refractivity contribution >= 4 is 0 Å². The molecule has 1 heterocycles. The minimum atomic E-state index is 0.675. The average molecular weight is 142 g/mol. The van der Waals surface area contributed by atoms with Crippen LogP contribution >= 0.6 is 0 Å². The van der Waals surface area contributed by atoms with E-state index in [0.29, 0.717) is 6.04 Å². The molecule has 1 unspecified atom stereocenters. The quantitative estimate of drug-likeness (QED) is 0.488. The average Bonchev–Trinajstić information content (AvgIpc) is 1.91. The first-order valence-corrected chi connectivity index (χ1v) is 3.82. The molecule has 0 amide bonds. The zero-order chi connectivity index (χ0) is 7.82. The maximum Gasteiger partial charge on any atom is 0.0164 e. The standard InChI is InChI=1S/C5H12N2.C3H6/c1-5-4-6-2-3-7-5;1-3-2/h5-7H,2-4H2,1H3;3H,1H2,2H3. The molecule has 0 aliphatic carbocycles. The summed E-state index contributed by atoms with van der Waals surface area (Å²) >= 11 is 0. The second kappa shape index (κ2) is 6.78. The molecule has 1 aliphatic heterocycles. The van der Waals surface area contributed by atoms with Gasteiger partial charge in [-0.15, -0.1) is 6.58 Å². The molecular weight excluding hydrogens is 124 g/mol. The van der Waals surface area contributed by atoms with Crippen molar-refractivity contribution in [1.82, 2.24) is 10.6 Å². The van der Waals surface area contributed by atoms with Crippen LogP contribution in [-0.4, -0.2) is 25.7 Å². The van der Waals surface area contributed by atoms with Gasteiger partial charge in [-0.2, -0.15) is 0 Å². The zero-order valence-corrected chi connectivity index (χ0v) is 6.98. The number of hydrogen-bond acceptors (Lipinski definition) is 2. The van der Waals surface area contributed by atoms with Crippen molar-refractivity contribution in [1.29, 1.82) is 0 Å². The lowest BCUT2D eigenvalue weighted by Crippen LogP contribution is -2.46. The number of nitrogens with one attached hydrogen (secondary N) is 2. The predicted molar refractivity (Wildman–Crippen MR) is 46.2 cm³/mol. The van der Waals surface area contributed by atoms with Crippen LogP contribution in [-0.2, 0) is 0 Å². The van der Waals surface area contributed by atoms with Crippen LogP contribution < -0.4 is 10.6 Å². The van der Waals surface area contributed by atoms with Crippen molar-refractivity contribution in [3.63, 3.8) is 0 Å². The van der Waals surface area contributed by atoms with Crippen LogP contribution in [0.5, 0.6) is 0 Å². The van der Waals surface area contributed by atoms with Gasteiger partial charge in [0.25, 0.3) is 0 Å². The normalized spacial score (nSPS) is 24.4. The van der Waals surface area contributed by atoms with Gasteiger partial charge in [-0.25, -0.2) is 0 Å². The van der Waals surface area contributed by atoms with E-state index in [1.807, 2.05) is 6.92 Å². The summed E-state index contributed by atoms with van der Waals surface area (Å²) in [5, 5.41) is 6.59. The van der Waals surface area contributed by atoms with E-state index in [2.05, 4.69) is 24.1 Å². The van der Waals surface area contributed by atoms with Crippen LogP contribution in [0.4, 0.5) is 0 Å². The summed E-state index contributed by atoms with van der Waals surface area (Å²) in [5.74, 6) is 0. The lowest BCUT2D eigenvalue weighted by molar-refractivity contribution is 0.442. The van der Waals surface area contributed by atoms with E-state index in [4.69, 9.17) is 0 Å². The van der Waals surface area contributed by atoms with Crippen LogP contribution in [0.3, 0.4) is 0 Å². The molecule has 2 heteroatoms. The molecule has 2 N–H and O–H groups in total. The fourth-order valence-corrected chi connectivity index (χ4v) is 0.798. The molecule has 2 nitrogen and oxygen atoms in total. The topological polar surface area (TPSA) is 24.1 Å². The minimum absolute atomic E-state index is 0.675. The summed E-state index contributed by atoms with van der Waals surface area (Å²) in [5.41, 5.74) is 0. The van der Waals surface area contributed by atoms with Crippen molar-refractivity contribution in [3.05, 3.63) is 12.7 Å². The van der Waals surface area contributed by atoms with Crippen molar-refractivity contribution in [2.24, 2.45) is 0 Å². The molecule has 1 aliphatic rings. The second-order valence-electron chi connectivity index (χ2n) is 2.47. The number of piperazine rings is 1. The van der Waals surface area contributed by atoms with Crippen LogP contribution in [0.15, 0.2) is 12.7 Å². The molecule has 10 heavy (non-hydrogen) atoms. The first-order valence-electron chi connectivity index (χ1n) is 3.82. The number of hydrogen-bond donors (Lipinski definition) is 2. The first kappa shape index (κ1) is 9.66. The highest BCUT2D eigenvalue weighted by molar-refractivity contribution is 4.69. The van der Waals surface area contributed by atoms with Gasteiger partial charge in [0.1, 0.15) is 0 Å². The molecule has 1 atom stereocenters. The summed E-state index contributed by atoms with van der Waals surface area (Å²) < 4.78 is 0. The van der Waals surface area contributed by atoms with Crippen molar-refractivity contribution in [3.8, 4) is 0 Å². The summed E-state index contributed by atoms with van der Waals surface area (Å²) in [6.07, 6.45) is 1.75. The SMILES string of the molecule is C=CC.CC1CNCCN1. The van der Waals surface area contributed by atoms with Gasteiger partial charge in [0.2, 0.25) is 0 Å². The molecule has 0 spiro atoms. The molecule has 1 saturated heterocycles. The van der Waals surface area contributed by atoms with Gasteiger partial charge in [-0.1, -0.05) is 6.08 Å². The van der Waals surface area contributed by atoms with E-state index in [1.54, 1.807) is 6.08 Å². The maximum atomic E-state index is 3.36. The van der Waals surface area contributed by atoms with Gasteiger partial charge >= 0.3 is 0 Å². The number of rotatable bonds is 0. The Kier molecular flexibility index (Phi) is 6.55. The van der Waals surface area contributed by atoms with Crippen molar-refractivity contribution < 1.29 is 0 Å². The molecule has 0 aromatic rings. The highest BCUT2D eigenvalue weighted by Gasteiger charge is 2.03. The van der Waals surface area contributed by atoms with Gasteiger partial charge in [-0.05, 0) is 13.8 Å². The fourth-order valence-electron chi connectivity index (χ4n) is 0.798. The van der Waals surface area contributed by atoms with E-state index in [9.17, 15) is 0 Å². The zero-order valence-electron chi connectivity index (χ0n) is 6.98. The Morgan fingerprint density at radius 3 is 2.30 bits per heavy atom. The Hall–Kier alpha value is -0.340. The number of allylic oxidation sites excluding steroid dienone is 1. The molecule has 0 aromatic heterocycles. The Morgan fingerprint density at radius 1 is 1.50 bits per heavy atom. The molecule has 0 aromatic carbocycles. The third kappa shape index (κ3) is 5.79. The highest BCUT2D eigenvalue weighted by Crippen LogP contribution is 1.80. The lowest BCUT2D eigenvalue weighted by Gasteiger charge is -2.19. The van der Waals surface area contributed by atoms with E-state index < -0.39 is 0 Å². The van der Waals surface area contributed by atoms with Crippen LogP contribution in [0.25, 0.3) is 0 Å². The van der Waals surface area contributed by atoms with Crippen molar-refractivity contribution in [2.45, 2.75) is 19.9 Å². The first-order chi connectivity index (χ1) is 4.81. The van der Waals surface area contributed by atoms with E-state index >= 15 is 0 Å². The molecule has 1 fully saturated rings. The van der Waals surface area contributed by atoms with Gasteiger partial charge in [-0.3, -0.25) is 0 Å². The Labute approximate surface area is 63.7 Å². The summed E-state index contributed by atoms with van der Waals surface area (Å²) in [6, 6.07) is 0.675. The second-order valence-corrected chi connectivity index (χ2v) is 2.47. The van der Waals surface area contributed by atoms with Gasteiger partial charge in [0.05, 0.1) is 0 Å². The van der Waals surface area contributed by atoms with E-state index in [1.165, 1.54) is 0 Å². The van der Waals surface area contributed by atoms with Crippen LogP contribution in [0, 0.1) is 0 Å². The Bertz CT molecular complexity index is 75.3. The molecular formula is C8H18N2. The smallest absolute Gasteiger partial charge is 0.0164 e. The molecule has 0 saturated carbocycles. The third-order valence-corrected chi connectivity index (χ3v) is 1.25. The van der Waals surface area contributed by atoms with E-state index in [0.717, 1.165) is 19.6 Å². The molecule has 0 radical (unpaired) electrons. The van der Waals surface area contributed by atoms with Gasteiger partial charge in [0.15, 0.2) is 0 Å². The van der Waals surface area contributed by atoms with Crippen molar-refractivity contribution in [2.75, 3.05) is 19.6 Å². The molecule has 0 bridgehead atoms. The van der Waals surface area contributed by atoms with Gasteiger partial charge < -0.3 is 10.6 Å². The van der Waals surface area contributed by atoms with Crippen LogP contribution in [0.2, 0.25) is 0 Å². The van der Waals surface area contributed by atoms with Crippen LogP contribution in [0.1, 0.15) is 13.8 Å².